The first-order chi connectivity index (χ1) is 14.7. The molecule has 0 spiro atoms. The van der Waals surface area contributed by atoms with Gasteiger partial charge in [-0.3, -0.25) is 4.79 Å². The maximum absolute atomic E-state index is 12.9. The number of carbonyl (C=O) groups excluding carboxylic acids is 2. The zero-order valence-electron chi connectivity index (χ0n) is 19.8. The molecule has 31 heavy (non-hydrogen) atoms. The Labute approximate surface area is 186 Å². The molecule has 1 aliphatic rings. The third-order valence-corrected chi connectivity index (χ3v) is 6.42. The summed E-state index contributed by atoms with van der Waals surface area (Å²) in [6.07, 6.45) is 6.78. The molecule has 0 saturated carbocycles. The number of nitrogens with one attached hydrogen (secondary N) is 1. The smallest absolute Gasteiger partial charge is 0.355 e. The number of hydrogen-bond donors (Lipinski definition) is 1. The van der Waals surface area contributed by atoms with Crippen molar-refractivity contribution in [2.45, 2.75) is 90.9 Å². The van der Waals surface area contributed by atoms with Crippen LogP contribution in [-0.4, -0.2) is 23.3 Å². The summed E-state index contributed by atoms with van der Waals surface area (Å²) < 4.78 is 5.48. The van der Waals surface area contributed by atoms with Gasteiger partial charge in [-0.1, -0.05) is 77.6 Å². The van der Waals surface area contributed by atoms with Crippen LogP contribution in [0.2, 0.25) is 0 Å². The molecular weight excluding hydrogens is 386 g/mol. The fourth-order valence-corrected chi connectivity index (χ4v) is 4.47. The number of rotatable bonds is 8. The quantitative estimate of drug-likeness (QED) is 0.381. The van der Waals surface area contributed by atoms with Gasteiger partial charge < -0.3 is 9.72 Å². The second-order valence-electron chi connectivity index (χ2n) is 9.93. The Kier molecular flexibility index (Phi) is 7.40. The lowest BCUT2D eigenvalue weighted by atomic mass is 9.80. The van der Waals surface area contributed by atoms with Crippen molar-refractivity contribution >= 4 is 11.8 Å². The highest BCUT2D eigenvalue weighted by Crippen LogP contribution is 2.36. The van der Waals surface area contributed by atoms with Gasteiger partial charge in [0.25, 0.3) is 0 Å². The number of benzene rings is 1. The first kappa shape index (κ1) is 23.3. The molecule has 0 fully saturated rings. The number of H-pyrrole nitrogens is 1. The van der Waals surface area contributed by atoms with Crippen LogP contribution in [0.3, 0.4) is 0 Å². The summed E-state index contributed by atoms with van der Waals surface area (Å²) in [5.74, 6) is -0.103. The van der Waals surface area contributed by atoms with Gasteiger partial charge in [-0.05, 0) is 47.8 Å². The van der Waals surface area contributed by atoms with Crippen LogP contribution in [-0.2, 0) is 16.6 Å². The molecule has 4 heteroatoms. The highest BCUT2D eigenvalue weighted by Gasteiger charge is 2.32. The first-order valence-electron chi connectivity index (χ1n) is 11.7. The standard InChI is InChI=1S/C27H37NO3/c1-6-7-8-9-10-15-31-26(30)25-18(2)24-22(28-25)16-20(17-23(24)29)19-11-13-21(14-12-19)27(3,4)5/h11-14,20,28H,6-10,15-17H2,1-5H3/t20-/m1/s1. The largest absolute Gasteiger partial charge is 0.461 e. The molecule has 1 N–H and O–H groups in total. The van der Waals surface area contributed by atoms with Gasteiger partial charge >= 0.3 is 5.97 Å². The van der Waals surface area contributed by atoms with E-state index in [1.165, 1.54) is 30.4 Å². The van der Waals surface area contributed by atoms with E-state index in [4.69, 9.17) is 4.74 Å². The van der Waals surface area contributed by atoms with Crippen LogP contribution in [0.15, 0.2) is 24.3 Å². The van der Waals surface area contributed by atoms with E-state index in [0.29, 0.717) is 24.3 Å². The van der Waals surface area contributed by atoms with Gasteiger partial charge in [-0.25, -0.2) is 4.79 Å². The van der Waals surface area contributed by atoms with Crippen molar-refractivity contribution in [2.75, 3.05) is 6.61 Å². The molecule has 4 nitrogen and oxygen atoms in total. The Morgan fingerprint density at radius 3 is 2.39 bits per heavy atom. The molecule has 1 aromatic carbocycles. The average molecular weight is 424 g/mol. The molecule has 0 aliphatic heterocycles. The second kappa shape index (κ2) is 9.84. The molecule has 0 amide bonds. The van der Waals surface area contributed by atoms with Crippen LogP contribution in [0, 0.1) is 6.92 Å². The third-order valence-electron chi connectivity index (χ3n) is 6.42. The summed E-state index contributed by atoms with van der Waals surface area (Å²) in [7, 11) is 0. The number of esters is 1. The molecule has 1 aliphatic carbocycles. The predicted molar refractivity (Wildman–Crippen MR) is 125 cm³/mol. The number of unbranched alkanes of at least 4 members (excludes halogenated alkanes) is 4. The lowest BCUT2D eigenvalue weighted by molar-refractivity contribution is 0.0490. The molecule has 1 atom stereocenters. The van der Waals surface area contributed by atoms with Crippen LogP contribution in [0.4, 0.5) is 0 Å². The van der Waals surface area contributed by atoms with Gasteiger partial charge in [0.1, 0.15) is 5.69 Å². The number of ether oxygens (including phenoxy) is 1. The first-order valence-corrected chi connectivity index (χ1v) is 11.7. The van der Waals surface area contributed by atoms with Crippen molar-refractivity contribution in [1.29, 1.82) is 0 Å². The maximum atomic E-state index is 12.9. The molecule has 2 aromatic rings. The zero-order chi connectivity index (χ0) is 22.6. The Balaban J connectivity index is 1.68. The van der Waals surface area contributed by atoms with E-state index in [2.05, 4.69) is 56.9 Å². The van der Waals surface area contributed by atoms with Crippen molar-refractivity contribution in [1.82, 2.24) is 4.98 Å². The van der Waals surface area contributed by atoms with E-state index in [9.17, 15) is 9.59 Å². The van der Waals surface area contributed by atoms with Crippen LogP contribution in [0.5, 0.6) is 0 Å². The van der Waals surface area contributed by atoms with E-state index >= 15 is 0 Å². The van der Waals surface area contributed by atoms with Gasteiger partial charge in [-0.15, -0.1) is 0 Å². The molecule has 168 valence electrons. The predicted octanol–water partition coefficient (Wildman–Crippen LogP) is 6.66. The SMILES string of the molecule is CCCCCCCOC(=O)c1[nH]c2c(c1C)C(=O)C[C@H](c1ccc(C(C)(C)C)cc1)C2. The Bertz CT molecular complexity index is 915. The minimum Gasteiger partial charge on any atom is -0.461 e. The van der Waals surface area contributed by atoms with E-state index in [1.54, 1.807) is 0 Å². The average Bonchev–Trinajstić information content (AvgIpc) is 3.07. The lowest BCUT2D eigenvalue weighted by Crippen LogP contribution is -2.19. The zero-order valence-corrected chi connectivity index (χ0v) is 19.8. The molecule has 1 aromatic heterocycles. The fraction of sp³-hybridized carbons (Fsp3) is 0.556. The number of aromatic nitrogens is 1. The molecule has 3 rings (SSSR count). The Morgan fingerprint density at radius 1 is 1.06 bits per heavy atom. The molecule has 0 bridgehead atoms. The molecule has 0 unspecified atom stereocenters. The summed E-state index contributed by atoms with van der Waals surface area (Å²) in [6.45, 7) is 11.1. The highest BCUT2D eigenvalue weighted by atomic mass is 16.5. The maximum Gasteiger partial charge on any atom is 0.355 e. The van der Waals surface area contributed by atoms with Gasteiger partial charge in [0, 0.05) is 17.7 Å². The van der Waals surface area contributed by atoms with E-state index < -0.39 is 0 Å². The summed E-state index contributed by atoms with van der Waals surface area (Å²) >= 11 is 0. The van der Waals surface area contributed by atoms with Crippen LogP contribution >= 0.6 is 0 Å². The number of carbonyl (C=O) groups is 2. The molecule has 0 radical (unpaired) electrons. The number of ketones is 1. The Hall–Kier alpha value is -2.36. The molecule has 1 heterocycles. The van der Waals surface area contributed by atoms with Gasteiger partial charge in [0.05, 0.1) is 6.61 Å². The number of Topliss-reactive ketones (excluding diaryl/α,β-unsaturated/α-hetero) is 1. The minimum absolute atomic E-state index is 0.107. The summed E-state index contributed by atoms with van der Waals surface area (Å²) in [5.41, 5.74) is 5.31. The highest BCUT2D eigenvalue weighted by molar-refractivity contribution is 6.03. The minimum atomic E-state index is -0.346. The third kappa shape index (κ3) is 5.47. The molecular formula is C27H37NO3. The van der Waals surface area contributed by atoms with Crippen LogP contribution in [0.25, 0.3) is 0 Å². The lowest BCUT2D eigenvalue weighted by Gasteiger charge is -2.24. The number of aromatic amines is 1. The fourth-order valence-electron chi connectivity index (χ4n) is 4.47. The van der Waals surface area contributed by atoms with Gasteiger partial charge in [0.15, 0.2) is 5.78 Å². The van der Waals surface area contributed by atoms with E-state index in [1.807, 2.05) is 6.92 Å². The van der Waals surface area contributed by atoms with Gasteiger partial charge in [0.2, 0.25) is 0 Å². The van der Waals surface area contributed by atoms with Crippen molar-refractivity contribution in [3.8, 4) is 0 Å². The van der Waals surface area contributed by atoms with Crippen molar-refractivity contribution in [3.63, 3.8) is 0 Å². The van der Waals surface area contributed by atoms with Crippen molar-refractivity contribution < 1.29 is 14.3 Å². The van der Waals surface area contributed by atoms with Gasteiger partial charge in [-0.2, -0.15) is 0 Å². The van der Waals surface area contributed by atoms with Crippen molar-refractivity contribution in [3.05, 3.63) is 57.9 Å². The van der Waals surface area contributed by atoms with E-state index in [-0.39, 0.29) is 23.1 Å². The summed E-state index contributed by atoms with van der Waals surface area (Å²) in [4.78, 5) is 28.8. The van der Waals surface area contributed by atoms with Crippen LogP contribution in [0.1, 0.15) is 115 Å². The number of fused-ring (bicyclic) bond motifs is 1. The number of hydrogen-bond acceptors (Lipinski definition) is 3. The van der Waals surface area contributed by atoms with Crippen LogP contribution < -0.4 is 0 Å². The monoisotopic (exact) mass is 423 g/mol. The summed E-state index contributed by atoms with van der Waals surface area (Å²) in [5, 5.41) is 0. The topological polar surface area (TPSA) is 59.2 Å². The second-order valence-corrected chi connectivity index (χ2v) is 9.93. The molecule has 0 saturated heterocycles. The Morgan fingerprint density at radius 2 is 1.74 bits per heavy atom. The normalized spacial score (nSPS) is 16.3. The summed E-state index contributed by atoms with van der Waals surface area (Å²) in [6, 6.07) is 8.62. The van der Waals surface area contributed by atoms with E-state index in [0.717, 1.165) is 30.5 Å². The van der Waals surface area contributed by atoms with Crippen molar-refractivity contribution in [2.24, 2.45) is 0 Å².